The first kappa shape index (κ1) is 16.6. The number of aliphatic carboxylic acids is 1. The van der Waals surface area contributed by atoms with E-state index in [1.165, 1.54) is 0 Å². The molecule has 6 nitrogen and oxygen atoms in total. The Morgan fingerprint density at radius 2 is 1.85 bits per heavy atom. The molecule has 1 rings (SSSR count). The minimum Gasteiger partial charge on any atom is -0.480 e. The van der Waals surface area contributed by atoms with Crippen LogP contribution in [0.5, 0.6) is 0 Å². The molecule has 20 heavy (non-hydrogen) atoms. The Kier molecular flexibility index (Phi) is 4.29. The van der Waals surface area contributed by atoms with Crippen LogP contribution in [0.4, 0.5) is 4.79 Å². The molecular weight excluding hydrogens is 262 g/mol. The Morgan fingerprint density at radius 3 is 2.20 bits per heavy atom. The van der Waals surface area contributed by atoms with Crippen molar-refractivity contribution < 1.29 is 29.1 Å². The van der Waals surface area contributed by atoms with Crippen molar-refractivity contribution in [2.45, 2.75) is 52.5 Å². The second kappa shape index (κ2) is 5.16. The van der Waals surface area contributed by atoms with Gasteiger partial charge >= 0.3 is 12.1 Å². The molecular formula is C14H24NO5+. The molecule has 1 saturated heterocycles. The maximum Gasteiger partial charge on any atom is 0.514 e. The summed E-state index contributed by atoms with van der Waals surface area (Å²) in [7, 11) is 0. The lowest BCUT2D eigenvalue weighted by Gasteiger charge is -2.45. The number of carboxylic acids is 1. The van der Waals surface area contributed by atoms with Crippen LogP contribution in [0.25, 0.3) is 0 Å². The average molecular weight is 286 g/mol. The van der Waals surface area contributed by atoms with Gasteiger partial charge in [-0.15, -0.1) is 0 Å². The average Bonchev–Trinajstić information content (AvgIpc) is 2.46. The van der Waals surface area contributed by atoms with Crippen molar-refractivity contribution >= 4 is 17.8 Å². The molecule has 2 unspecified atom stereocenters. The summed E-state index contributed by atoms with van der Waals surface area (Å²) in [6.45, 7) is 7.06. The molecule has 1 aliphatic rings. The van der Waals surface area contributed by atoms with E-state index >= 15 is 0 Å². The van der Waals surface area contributed by atoms with Crippen molar-refractivity contribution in [1.82, 2.24) is 0 Å². The van der Waals surface area contributed by atoms with Crippen LogP contribution >= 0.6 is 0 Å². The summed E-state index contributed by atoms with van der Waals surface area (Å²) < 4.78 is -0.390. The Hall–Kier alpha value is -1.43. The number of carbonyl (C=O) groups is 3. The maximum atomic E-state index is 12.3. The smallest absolute Gasteiger partial charge is 0.480 e. The number of likely N-dealkylation sites (tertiary alicyclic amines) is 1. The van der Waals surface area contributed by atoms with E-state index in [0.29, 0.717) is 6.42 Å². The van der Waals surface area contributed by atoms with Gasteiger partial charge in [0, 0.05) is 12.8 Å². The molecule has 2 N–H and O–H groups in total. The van der Waals surface area contributed by atoms with Gasteiger partial charge in [0.2, 0.25) is 0 Å². The van der Waals surface area contributed by atoms with Crippen molar-refractivity contribution in [3.8, 4) is 0 Å². The van der Waals surface area contributed by atoms with Crippen molar-refractivity contribution in [1.29, 1.82) is 0 Å². The van der Waals surface area contributed by atoms with Gasteiger partial charge in [0.05, 0.1) is 6.54 Å². The van der Waals surface area contributed by atoms with E-state index in [2.05, 4.69) is 0 Å². The van der Waals surface area contributed by atoms with Crippen molar-refractivity contribution in [2.75, 3.05) is 13.1 Å². The van der Waals surface area contributed by atoms with Gasteiger partial charge in [0.25, 0.3) is 0 Å². The standard InChI is InChI=1S/C14H23NO5/c1-5-14(11(17)18)9-15(12(19)20,13(2,3)4)8-6-7-10(14)16/h5-9H2,1-4H3,(H-,17,18,19,20)/p+1. The van der Waals surface area contributed by atoms with E-state index in [4.69, 9.17) is 0 Å². The first-order valence-electron chi connectivity index (χ1n) is 6.91. The third-order valence-electron chi connectivity index (χ3n) is 4.68. The zero-order valence-electron chi connectivity index (χ0n) is 12.6. The second-order valence-corrected chi connectivity index (χ2v) is 6.57. The lowest BCUT2D eigenvalue weighted by atomic mass is 9.78. The van der Waals surface area contributed by atoms with E-state index in [-0.39, 0.29) is 31.7 Å². The van der Waals surface area contributed by atoms with Gasteiger partial charge in [0.1, 0.15) is 12.1 Å². The highest BCUT2D eigenvalue weighted by molar-refractivity contribution is 6.03. The molecule has 114 valence electrons. The van der Waals surface area contributed by atoms with Gasteiger partial charge in [0.15, 0.2) is 11.2 Å². The molecule has 1 amide bonds. The van der Waals surface area contributed by atoms with E-state index in [1.807, 2.05) is 0 Å². The molecule has 0 aromatic carbocycles. The number of carbonyl (C=O) groups excluding carboxylic acids is 1. The normalized spacial score (nSPS) is 31.7. The van der Waals surface area contributed by atoms with Crippen LogP contribution in [0, 0.1) is 5.41 Å². The molecule has 0 saturated carbocycles. The number of quaternary nitrogens is 1. The number of nitrogens with zero attached hydrogens (tertiary/aromatic N) is 1. The molecule has 0 aliphatic carbocycles. The predicted molar refractivity (Wildman–Crippen MR) is 72.4 cm³/mol. The Bertz CT molecular complexity index is 439. The minimum atomic E-state index is -1.60. The summed E-state index contributed by atoms with van der Waals surface area (Å²) in [5, 5.41) is 19.3. The third kappa shape index (κ3) is 2.32. The van der Waals surface area contributed by atoms with Crippen LogP contribution in [-0.4, -0.2) is 51.2 Å². The van der Waals surface area contributed by atoms with Gasteiger partial charge in [-0.05, 0) is 27.2 Å². The first-order valence-corrected chi connectivity index (χ1v) is 6.91. The highest BCUT2D eigenvalue weighted by Gasteiger charge is 2.59. The monoisotopic (exact) mass is 286 g/mol. The molecule has 1 aliphatic heterocycles. The molecule has 0 aromatic heterocycles. The van der Waals surface area contributed by atoms with Crippen LogP contribution in [-0.2, 0) is 9.59 Å². The van der Waals surface area contributed by atoms with Crippen molar-refractivity contribution in [3.05, 3.63) is 0 Å². The zero-order valence-corrected chi connectivity index (χ0v) is 12.6. The minimum absolute atomic E-state index is 0.116. The second-order valence-electron chi connectivity index (χ2n) is 6.57. The molecule has 1 fully saturated rings. The molecule has 0 spiro atoms. The Morgan fingerprint density at radius 1 is 1.30 bits per heavy atom. The zero-order chi connectivity index (χ0) is 15.8. The van der Waals surface area contributed by atoms with Crippen molar-refractivity contribution in [3.63, 3.8) is 0 Å². The van der Waals surface area contributed by atoms with E-state index in [0.717, 1.165) is 0 Å². The van der Waals surface area contributed by atoms with Crippen LogP contribution in [0.1, 0.15) is 47.0 Å². The fourth-order valence-corrected chi connectivity index (χ4v) is 3.05. The van der Waals surface area contributed by atoms with E-state index in [1.54, 1.807) is 27.7 Å². The topological polar surface area (TPSA) is 91.7 Å². The summed E-state index contributed by atoms with van der Waals surface area (Å²) in [4.78, 5) is 35.8. The SMILES string of the molecule is CCC1(C(=O)O)C[N+](C(=O)O)(C(C)(C)C)CCCC1=O. The summed E-state index contributed by atoms with van der Waals surface area (Å²) in [6.07, 6.45) is -0.419. The van der Waals surface area contributed by atoms with Crippen LogP contribution in [0.15, 0.2) is 0 Å². The van der Waals surface area contributed by atoms with Crippen LogP contribution in [0.2, 0.25) is 0 Å². The van der Waals surface area contributed by atoms with Gasteiger partial charge in [-0.25, -0.2) is 4.48 Å². The largest absolute Gasteiger partial charge is 0.514 e. The molecule has 1 heterocycles. The fraction of sp³-hybridized carbons (Fsp3) is 0.786. The maximum absolute atomic E-state index is 12.3. The summed E-state index contributed by atoms with van der Waals surface area (Å²) in [5.74, 6) is -1.56. The van der Waals surface area contributed by atoms with Crippen molar-refractivity contribution in [2.24, 2.45) is 5.41 Å². The lowest BCUT2D eigenvalue weighted by Crippen LogP contribution is -2.67. The number of rotatable bonds is 2. The number of Topliss-reactive ketones (excluding diaryl/α,β-unsaturated/α-hetero) is 1. The Balaban J connectivity index is 3.47. The number of ketones is 1. The summed E-state index contributed by atoms with van der Waals surface area (Å²) in [6, 6.07) is 0. The number of amides is 1. The molecule has 6 heteroatoms. The number of carboxylic acid groups (broad SMARTS) is 2. The lowest BCUT2D eigenvalue weighted by molar-refractivity contribution is -0.906. The number of hydrogen-bond acceptors (Lipinski definition) is 3. The Labute approximate surface area is 119 Å². The first-order chi connectivity index (χ1) is 9.03. The highest BCUT2D eigenvalue weighted by atomic mass is 16.4. The fourth-order valence-electron chi connectivity index (χ4n) is 3.05. The molecule has 0 aromatic rings. The number of hydrogen-bond donors (Lipinski definition) is 2. The van der Waals surface area contributed by atoms with Gasteiger partial charge in [-0.2, -0.15) is 4.79 Å². The van der Waals surface area contributed by atoms with Gasteiger partial charge in [-0.1, -0.05) is 6.92 Å². The quantitative estimate of drug-likeness (QED) is 0.599. The van der Waals surface area contributed by atoms with Gasteiger partial charge in [-0.3, -0.25) is 9.59 Å². The van der Waals surface area contributed by atoms with Crippen LogP contribution in [0.3, 0.4) is 0 Å². The van der Waals surface area contributed by atoms with Crippen LogP contribution < -0.4 is 0 Å². The van der Waals surface area contributed by atoms with E-state index in [9.17, 15) is 24.6 Å². The van der Waals surface area contributed by atoms with Gasteiger partial charge < -0.3 is 10.2 Å². The highest BCUT2D eigenvalue weighted by Crippen LogP contribution is 2.39. The molecule has 0 bridgehead atoms. The molecule has 0 radical (unpaired) electrons. The predicted octanol–water partition coefficient (Wildman–Crippen LogP) is 2.12. The molecule has 2 atom stereocenters. The third-order valence-corrected chi connectivity index (χ3v) is 4.68. The summed E-state index contributed by atoms with van der Waals surface area (Å²) >= 11 is 0. The van der Waals surface area contributed by atoms with E-state index < -0.39 is 27.5 Å². The summed E-state index contributed by atoms with van der Waals surface area (Å²) in [5.41, 5.74) is -2.27.